The van der Waals surface area contributed by atoms with E-state index >= 15 is 0 Å². The predicted molar refractivity (Wildman–Crippen MR) is 104 cm³/mol. The second-order valence-corrected chi connectivity index (χ2v) is 8.68. The Hall–Kier alpha value is -1.98. The van der Waals surface area contributed by atoms with Crippen molar-refractivity contribution in [3.63, 3.8) is 0 Å². The van der Waals surface area contributed by atoms with Gasteiger partial charge in [0.1, 0.15) is 16.8 Å². The van der Waals surface area contributed by atoms with E-state index in [2.05, 4.69) is 20.2 Å². The Kier molecular flexibility index (Phi) is 8.39. The van der Waals surface area contributed by atoms with E-state index in [0.717, 1.165) is 12.1 Å². The second-order valence-electron chi connectivity index (χ2n) is 6.02. The molecule has 11 heteroatoms. The Labute approximate surface area is 167 Å². The summed E-state index contributed by atoms with van der Waals surface area (Å²) < 4.78 is 46.1. The van der Waals surface area contributed by atoms with Crippen molar-refractivity contribution in [1.82, 2.24) is 20.2 Å². The lowest BCUT2D eigenvalue weighted by molar-refractivity contribution is -0.122. The molecule has 2 rings (SSSR count). The van der Waals surface area contributed by atoms with Crippen LogP contribution in [0.4, 0.5) is 4.39 Å². The van der Waals surface area contributed by atoms with Gasteiger partial charge in [-0.15, -0.1) is 0 Å². The topological polar surface area (TPSA) is 114 Å². The quantitative estimate of drug-likeness (QED) is 0.521. The molecule has 0 saturated heterocycles. The van der Waals surface area contributed by atoms with Crippen LogP contribution in [0.1, 0.15) is 24.6 Å². The Morgan fingerprint density at radius 2 is 2.11 bits per heavy atom. The number of thioether (sulfide) groups is 1. The maximum Gasteiger partial charge on any atom is 0.244 e. The minimum Gasteiger partial charge on any atom is -0.355 e. The van der Waals surface area contributed by atoms with Crippen molar-refractivity contribution in [2.75, 3.05) is 18.6 Å². The second kappa shape index (κ2) is 10.5. The van der Waals surface area contributed by atoms with E-state index in [1.807, 2.05) is 6.26 Å². The molecule has 0 radical (unpaired) electrons. The number of aromatic nitrogens is 2. The van der Waals surface area contributed by atoms with Crippen LogP contribution in [0.25, 0.3) is 0 Å². The van der Waals surface area contributed by atoms with E-state index in [4.69, 9.17) is 4.52 Å². The Balaban J connectivity index is 1.95. The molecule has 0 aliphatic heterocycles. The molecule has 1 aromatic heterocycles. The molecule has 1 aromatic carbocycles. The highest BCUT2D eigenvalue weighted by Gasteiger charge is 2.27. The van der Waals surface area contributed by atoms with E-state index in [9.17, 15) is 17.6 Å². The fourth-order valence-corrected chi connectivity index (χ4v) is 4.19. The molecular weight excluding hydrogens is 407 g/mol. The highest BCUT2D eigenvalue weighted by molar-refractivity contribution is 7.98. The van der Waals surface area contributed by atoms with Crippen molar-refractivity contribution in [3.05, 3.63) is 41.8 Å². The van der Waals surface area contributed by atoms with Crippen molar-refractivity contribution in [2.45, 2.75) is 37.1 Å². The standard InChI is InChI=1S/C17H23FN4O4S2/c1-12-20-16(26-21-12)8-5-10-19-17(23)14(9-11-27-2)22-28(24,25)15-7-4-3-6-13(15)18/h3-4,6-7,14,22H,5,8-11H2,1-2H3,(H,19,23). The van der Waals surface area contributed by atoms with Crippen molar-refractivity contribution < 1.29 is 22.1 Å². The van der Waals surface area contributed by atoms with E-state index in [1.54, 1.807) is 6.92 Å². The summed E-state index contributed by atoms with van der Waals surface area (Å²) >= 11 is 1.48. The first kappa shape index (κ1) is 22.3. The summed E-state index contributed by atoms with van der Waals surface area (Å²) in [5, 5.41) is 6.38. The fraction of sp³-hybridized carbons (Fsp3) is 0.471. The van der Waals surface area contributed by atoms with E-state index in [-0.39, 0.29) is 6.42 Å². The van der Waals surface area contributed by atoms with Crippen LogP contribution >= 0.6 is 11.8 Å². The molecule has 8 nitrogen and oxygen atoms in total. The molecule has 1 atom stereocenters. The number of amides is 1. The molecule has 0 fully saturated rings. The number of hydrogen-bond donors (Lipinski definition) is 2. The van der Waals surface area contributed by atoms with Crippen LogP contribution in [0.5, 0.6) is 0 Å². The number of nitrogens with zero attached hydrogens (tertiary/aromatic N) is 2. The maximum atomic E-state index is 13.9. The average molecular weight is 431 g/mol. The van der Waals surface area contributed by atoms with Crippen LogP contribution in [0.2, 0.25) is 0 Å². The van der Waals surface area contributed by atoms with Gasteiger partial charge in [0.2, 0.25) is 21.8 Å². The van der Waals surface area contributed by atoms with Crippen LogP contribution in [0.3, 0.4) is 0 Å². The molecule has 28 heavy (non-hydrogen) atoms. The molecular formula is C17H23FN4O4S2. The Morgan fingerprint density at radius 1 is 1.36 bits per heavy atom. The zero-order valence-corrected chi connectivity index (χ0v) is 17.3. The van der Waals surface area contributed by atoms with E-state index < -0.39 is 32.7 Å². The van der Waals surface area contributed by atoms with Gasteiger partial charge in [-0.2, -0.15) is 21.5 Å². The van der Waals surface area contributed by atoms with Gasteiger partial charge in [-0.1, -0.05) is 17.3 Å². The van der Waals surface area contributed by atoms with Crippen molar-refractivity contribution >= 4 is 27.7 Å². The molecule has 0 saturated carbocycles. The summed E-state index contributed by atoms with van der Waals surface area (Å²) in [4.78, 5) is 16.1. The third kappa shape index (κ3) is 6.57. The number of benzene rings is 1. The zero-order valence-electron chi connectivity index (χ0n) is 15.6. The molecule has 2 aromatic rings. The van der Waals surface area contributed by atoms with E-state index in [0.29, 0.717) is 36.9 Å². The number of halogens is 1. The molecule has 2 N–H and O–H groups in total. The Morgan fingerprint density at radius 3 is 2.75 bits per heavy atom. The Bertz CT molecular complexity index is 889. The van der Waals surface area contributed by atoms with Crippen LogP contribution < -0.4 is 10.0 Å². The molecule has 0 aliphatic carbocycles. The molecule has 0 aliphatic rings. The smallest absolute Gasteiger partial charge is 0.244 e. The lowest BCUT2D eigenvalue weighted by Gasteiger charge is -2.18. The van der Waals surface area contributed by atoms with Crippen LogP contribution in [0, 0.1) is 12.7 Å². The molecule has 1 heterocycles. The minimum absolute atomic E-state index is 0.281. The number of rotatable bonds is 11. The SMILES string of the molecule is CSCCC(NS(=O)(=O)c1ccccc1F)C(=O)NCCCc1nc(C)no1. The van der Waals surface area contributed by atoms with Gasteiger partial charge >= 0.3 is 0 Å². The summed E-state index contributed by atoms with van der Waals surface area (Å²) in [7, 11) is -4.16. The molecule has 1 amide bonds. The van der Waals surface area contributed by atoms with Crippen LogP contribution in [-0.2, 0) is 21.2 Å². The lowest BCUT2D eigenvalue weighted by atomic mass is 10.2. The van der Waals surface area contributed by atoms with E-state index in [1.165, 1.54) is 23.9 Å². The number of hydrogen-bond acceptors (Lipinski definition) is 7. The van der Waals surface area contributed by atoms with Gasteiger partial charge < -0.3 is 9.84 Å². The minimum atomic E-state index is -4.16. The summed E-state index contributed by atoms with van der Waals surface area (Å²) in [5.74, 6) is 0.258. The first-order chi connectivity index (χ1) is 13.3. The maximum absolute atomic E-state index is 13.9. The number of carbonyl (C=O) groups is 1. The monoisotopic (exact) mass is 430 g/mol. The van der Waals surface area contributed by atoms with Gasteiger partial charge in [-0.05, 0) is 43.9 Å². The highest BCUT2D eigenvalue weighted by atomic mass is 32.2. The summed E-state index contributed by atoms with van der Waals surface area (Å²) in [6, 6.07) is 4.05. The van der Waals surface area contributed by atoms with Crippen LogP contribution in [0.15, 0.2) is 33.7 Å². The number of nitrogens with one attached hydrogen (secondary N) is 2. The lowest BCUT2D eigenvalue weighted by Crippen LogP contribution is -2.47. The largest absolute Gasteiger partial charge is 0.355 e. The fourth-order valence-electron chi connectivity index (χ4n) is 2.41. The van der Waals surface area contributed by atoms with Crippen molar-refractivity contribution in [3.8, 4) is 0 Å². The van der Waals surface area contributed by atoms with Gasteiger partial charge in [0, 0.05) is 13.0 Å². The highest BCUT2D eigenvalue weighted by Crippen LogP contribution is 2.15. The number of carbonyl (C=O) groups excluding carboxylic acids is 1. The van der Waals surface area contributed by atoms with Crippen molar-refractivity contribution in [2.24, 2.45) is 0 Å². The third-order valence-electron chi connectivity index (χ3n) is 3.79. The number of aryl methyl sites for hydroxylation is 2. The average Bonchev–Trinajstić information content (AvgIpc) is 3.07. The summed E-state index contributed by atoms with van der Waals surface area (Å²) in [6.45, 7) is 2.03. The first-order valence-electron chi connectivity index (χ1n) is 8.66. The molecule has 154 valence electrons. The van der Waals surface area contributed by atoms with Gasteiger partial charge in [0.15, 0.2) is 5.82 Å². The molecule has 1 unspecified atom stereocenters. The zero-order chi connectivity index (χ0) is 20.6. The summed E-state index contributed by atoms with van der Waals surface area (Å²) in [6.07, 6.45) is 3.19. The summed E-state index contributed by atoms with van der Waals surface area (Å²) in [5.41, 5.74) is 0. The van der Waals surface area contributed by atoms with Crippen LogP contribution in [-0.4, -0.2) is 49.1 Å². The first-order valence-corrected chi connectivity index (χ1v) is 11.5. The third-order valence-corrected chi connectivity index (χ3v) is 5.94. The van der Waals surface area contributed by atoms with Gasteiger partial charge in [-0.25, -0.2) is 12.8 Å². The molecule has 0 spiro atoms. The van der Waals surface area contributed by atoms with Crippen molar-refractivity contribution in [1.29, 1.82) is 0 Å². The van der Waals surface area contributed by atoms with Gasteiger partial charge in [0.05, 0.1) is 0 Å². The van der Waals surface area contributed by atoms with Gasteiger partial charge in [0.25, 0.3) is 0 Å². The normalized spacial score (nSPS) is 12.7. The molecule has 0 bridgehead atoms. The van der Waals surface area contributed by atoms with Gasteiger partial charge in [-0.3, -0.25) is 4.79 Å². The predicted octanol–water partition coefficient (Wildman–Crippen LogP) is 1.67. The number of sulfonamides is 1.